The van der Waals surface area contributed by atoms with Crippen LogP contribution >= 0.6 is 11.3 Å². The first-order valence-electron chi connectivity index (χ1n) is 8.06. The van der Waals surface area contributed by atoms with Gasteiger partial charge in [0.15, 0.2) is 16.3 Å². The number of aryl methyl sites for hydroxylation is 1. The summed E-state index contributed by atoms with van der Waals surface area (Å²) in [5.74, 6) is -1.91. The van der Waals surface area contributed by atoms with Crippen molar-refractivity contribution in [3.8, 4) is 0 Å². The Hall–Kier alpha value is -2.61. The molecule has 0 aliphatic heterocycles. The Balaban J connectivity index is 2.16. The SMILES string of the molecule is C=CCn1c(=NC(=O)c2cc(C)n(C(C)C)n2)sc2cc(F)cc(F)c21. The molecule has 2 heterocycles. The van der Waals surface area contributed by atoms with E-state index < -0.39 is 17.5 Å². The predicted octanol–water partition coefficient (Wildman–Crippen LogP) is 3.99. The average molecular weight is 376 g/mol. The van der Waals surface area contributed by atoms with Crippen LogP contribution in [0, 0.1) is 18.6 Å². The number of nitrogens with zero attached hydrogens (tertiary/aromatic N) is 4. The van der Waals surface area contributed by atoms with Gasteiger partial charge in [-0.05, 0) is 32.9 Å². The summed E-state index contributed by atoms with van der Waals surface area (Å²) >= 11 is 1.05. The van der Waals surface area contributed by atoms with Gasteiger partial charge in [-0.15, -0.1) is 6.58 Å². The first-order valence-corrected chi connectivity index (χ1v) is 8.88. The number of amides is 1. The molecular formula is C18H18F2N4OS. The van der Waals surface area contributed by atoms with Gasteiger partial charge < -0.3 is 4.57 Å². The number of halogens is 2. The van der Waals surface area contributed by atoms with Crippen molar-refractivity contribution >= 4 is 27.5 Å². The molecule has 1 aromatic carbocycles. The number of allylic oxidation sites excluding steroid dienone is 1. The molecule has 0 saturated carbocycles. The molecule has 0 saturated heterocycles. The van der Waals surface area contributed by atoms with E-state index in [1.807, 2.05) is 20.8 Å². The number of aromatic nitrogens is 3. The molecule has 136 valence electrons. The van der Waals surface area contributed by atoms with Crippen LogP contribution in [0.15, 0.2) is 35.8 Å². The molecule has 0 aliphatic carbocycles. The van der Waals surface area contributed by atoms with Gasteiger partial charge in [-0.3, -0.25) is 9.48 Å². The van der Waals surface area contributed by atoms with Crippen molar-refractivity contribution in [2.24, 2.45) is 4.99 Å². The van der Waals surface area contributed by atoms with Gasteiger partial charge in [0.2, 0.25) is 0 Å². The van der Waals surface area contributed by atoms with Crippen LogP contribution in [-0.4, -0.2) is 20.3 Å². The highest BCUT2D eigenvalue weighted by atomic mass is 32.1. The standard InChI is InChI=1S/C18H18F2N4OS/c1-5-6-23-16-13(20)8-12(19)9-15(16)26-18(23)21-17(25)14-7-11(4)24(22-14)10(2)3/h5,7-10H,1,6H2,2-4H3. The number of hydrogen-bond donors (Lipinski definition) is 0. The largest absolute Gasteiger partial charge is 0.310 e. The highest BCUT2D eigenvalue weighted by molar-refractivity contribution is 7.16. The molecular weight excluding hydrogens is 358 g/mol. The Labute approximate surface area is 152 Å². The summed E-state index contributed by atoms with van der Waals surface area (Å²) in [6.45, 7) is 9.68. The Morgan fingerprint density at radius 2 is 2.12 bits per heavy atom. The van der Waals surface area contributed by atoms with Gasteiger partial charge in [-0.1, -0.05) is 17.4 Å². The molecule has 8 heteroatoms. The summed E-state index contributed by atoms with van der Waals surface area (Å²) in [5, 5.41) is 4.28. The fraction of sp³-hybridized carbons (Fsp3) is 0.278. The third-order valence-electron chi connectivity index (χ3n) is 3.83. The van der Waals surface area contributed by atoms with Crippen molar-refractivity contribution in [2.75, 3.05) is 0 Å². The lowest BCUT2D eigenvalue weighted by molar-refractivity contribution is 0.0992. The smallest absolute Gasteiger partial charge is 0.300 e. The zero-order valence-corrected chi connectivity index (χ0v) is 15.5. The summed E-state index contributed by atoms with van der Waals surface area (Å²) in [7, 11) is 0. The van der Waals surface area contributed by atoms with E-state index in [4.69, 9.17) is 0 Å². The van der Waals surface area contributed by atoms with Gasteiger partial charge in [-0.25, -0.2) is 8.78 Å². The normalized spacial score (nSPS) is 12.3. The Morgan fingerprint density at radius 1 is 1.38 bits per heavy atom. The number of benzene rings is 1. The molecule has 3 rings (SSSR count). The second-order valence-electron chi connectivity index (χ2n) is 6.14. The fourth-order valence-corrected chi connectivity index (χ4v) is 3.85. The fourth-order valence-electron chi connectivity index (χ4n) is 2.77. The second kappa shape index (κ2) is 6.95. The number of hydrogen-bond acceptors (Lipinski definition) is 3. The summed E-state index contributed by atoms with van der Waals surface area (Å²) in [6.07, 6.45) is 1.57. The lowest BCUT2D eigenvalue weighted by Crippen LogP contribution is -2.17. The molecule has 0 radical (unpaired) electrons. The van der Waals surface area contributed by atoms with Gasteiger partial charge >= 0.3 is 0 Å². The van der Waals surface area contributed by atoms with Crippen LogP contribution in [0.3, 0.4) is 0 Å². The Morgan fingerprint density at radius 3 is 2.73 bits per heavy atom. The molecule has 0 N–H and O–H groups in total. The molecule has 26 heavy (non-hydrogen) atoms. The van der Waals surface area contributed by atoms with Gasteiger partial charge in [0.25, 0.3) is 5.91 Å². The average Bonchev–Trinajstić information content (AvgIpc) is 3.09. The molecule has 0 aliphatic rings. The van der Waals surface area contributed by atoms with Crippen molar-refractivity contribution in [1.29, 1.82) is 0 Å². The lowest BCUT2D eigenvalue weighted by atomic mass is 10.3. The molecule has 1 amide bonds. The van der Waals surface area contributed by atoms with E-state index in [1.165, 1.54) is 10.6 Å². The number of carbonyl (C=O) groups is 1. The third kappa shape index (κ3) is 3.24. The summed E-state index contributed by atoms with van der Waals surface area (Å²) in [4.78, 5) is 16.9. The van der Waals surface area contributed by atoms with Gasteiger partial charge in [0, 0.05) is 24.3 Å². The van der Waals surface area contributed by atoms with E-state index >= 15 is 0 Å². The summed E-state index contributed by atoms with van der Waals surface area (Å²) in [6, 6.07) is 3.82. The minimum absolute atomic E-state index is 0.114. The summed E-state index contributed by atoms with van der Waals surface area (Å²) < 4.78 is 31.3. The molecule has 0 spiro atoms. The number of fused-ring (bicyclic) bond motifs is 1. The number of thiazole rings is 1. The zero-order chi connectivity index (χ0) is 19.0. The van der Waals surface area contributed by atoms with E-state index in [9.17, 15) is 13.6 Å². The minimum Gasteiger partial charge on any atom is -0.310 e. The maximum atomic E-state index is 14.2. The highest BCUT2D eigenvalue weighted by Gasteiger charge is 2.16. The van der Waals surface area contributed by atoms with Gasteiger partial charge in [0.1, 0.15) is 5.82 Å². The van der Waals surface area contributed by atoms with Gasteiger partial charge in [0.05, 0.1) is 10.2 Å². The molecule has 2 aromatic heterocycles. The van der Waals surface area contributed by atoms with Crippen LogP contribution in [-0.2, 0) is 6.54 Å². The quantitative estimate of drug-likeness (QED) is 0.647. The van der Waals surface area contributed by atoms with E-state index in [1.54, 1.807) is 16.8 Å². The van der Waals surface area contributed by atoms with Crippen molar-refractivity contribution in [3.63, 3.8) is 0 Å². The van der Waals surface area contributed by atoms with Crippen LogP contribution in [0.1, 0.15) is 36.1 Å². The van der Waals surface area contributed by atoms with Crippen LogP contribution < -0.4 is 4.80 Å². The third-order valence-corrected chi connectivity index (χ3v) is 4.86. The first kappa shape index (κ1) is 18.2. The predicted molar refractivity (Wildman–Crippen MR) is 97.2 cm³/mol. The maximum absolute atomic E-state index is 14.2. The van der Waals surface area contributed by atoms with Crippen molar-refractivity contribution in [2.45, 2.75) is 33.4 Å². The number of rotatable bonds is 4. The van der Waals surface area contributed by atoms with Gasteiger partial charge in [-0.2, -0.15) is 10.1 Å². The maximum Gasteiger partial charge on any atom is 0.300 e. The zero-order valence-electron chi connectivity index (χ0n) is 14.7. The van der Waals surface area contributed by atoms with E-state index in [2.05, 4.69) is 16.7 Å². The molecule has 0 atom stereocenters. The topological polar surface area (TPSA) is 52.2 Å². The van der Waals surface area contributed by atoms with E-state index in [0.29, 0.717) is 4.70 Å². The monoisotopic (exact) mass is 376 g/mol. The van der Waals surface area contributed by atoms with E-state index in [-0.39, 0.29) is 28.6 Å². The molecule has 0 bridgehead atoms. The van der Waals surface area contributed by atoms with Crippen molar-refractivity contribution in [1.82, 2.24) is 14.3 Å². The van der Waals surface area contributed by atoms with Crippen LogP contribution in [0.5, 0.6) is 0 Å². The van der Waals surface area contributed by atoms with Crippen molar-refractivity contribution in [3.05, 3.63) is 58.7 Å². The number of carbonyl (C=O) groups excluding carboxylic acids is 1. The van der Waals surface area contributed by atoms with E-state index in [0.717, 1.165) is 23.1 Å². The highest BCUT2D eigenvalue weighted by Crippen LogP contribution is 2.22. The molecule has 5 nitrogen and oxygen atoms in total. The molecule has 0 fully saturated rings. The molecule has 3 aromatic rings. The Bertz CT molecular complexity index is 1070. The minimum atomic E-state index is -0.702. The van der Waals surface area contributed by atoms with Crippen LogP contribution in [0.4, 0.5) is 8.78 Å². The molecule has 0 unspecified atom stereocenters. The van der Waals surface area contributed by atoms with Crippen molar-refractivity contribution < 1.29 is 13.6 Å². The van der Waals surface area contributed by atoms with Crippen LogP contribution in [0.25, 0.3) is 10.2 Å². The summed E-state index contributed by atoms with van der Waals surface area (Å²) in [5.41, 5.74) is 1.26. The second-order valence-corrected chi connectivity index (χ2v) is 7.15. The lowest BCUT2D eigenvalue weighted by Gasteiger charge is -2.06. The Kier molecular flexibility index (Phi) is 4.86. The van der Waals surface area contributed by atoms with Crippen LogP contribution in [0.2, 0.25) is 0 Å². The first-order chi connectivity index (χ1) is 12.3.